The molecule has 0 bridgehead atoms. The van der Waals surface area contributed by atoms with E-state index in [1.807, 2.05) is 25.1 Å². The summed E-state index contributed by atoms with van der Waals surface area (Å²) in [5, 5.41) is 0. The van der Waals surface area contributed by atoms with Crippen molar-refractivity contribution in [2.45, 2.75) is 110 Å². The van der Waals surface area contributed by atoms with Crippen LogP contribution in [0.5, 0.6) is 5.75 Å². The minimum atomic E-state index is -3.61. The molecule has 0 amide bonds. The Hall–Kier alpha value is -0.830. The number of hydrogen-bond donors (Lipinski definition) is 0. The third kappa shape index (κ3) is 13.9. The molecule has 0 aliphatic carbocycles. The average Bonchev–Trinajstić information content (AvgIpc) is 2.70. The summed E-state index contributed by atoms with van der Waals surface area (Å²) in [5.41, 5.74) is 0. The van der Waals surface area contributed by atoms with E-state index < -0.39 is 7.82 Å². The molecule has 0 spiro atoms. The lowest BCUT2D eigenvalue weighted by atomic mass is 10.1. The second kappa shape index (κ2) is 16.9. The van der Waals surface area contributed by atoms with Gasteiger partial charge in [0, 0.05) is 0 Å². The fourth-order valence-corrected chi connectivity index (χ4v) is 4.64. The normalized spacial score (nSPS) is 14.4. The molecule has 168 valence electrons. The van der Waals surface area contributed by atoms with Crippen LogP contribution in [0.4, 0.5) is 0 Å². The van der Waals surface area contributed by atoms with Crippen molar-refractivity contribution >= 4 is 7.82 Å². The van der Waals surface area contributed by atoms with Gasteiger partial charge in [0.1, 0.15) is 5.75 Å². The van der Waals surface area contributed by atoms with E-state index in [9.17, 15) is 4.57 Å². The quantitative estimate of drug-likeness (QED) is 0.164. The van der Waals surface area contributed by atoms with Crippen molar-refractivity contribution in [2.24, 2.45) is 0 Å². The molecule has 0 N–H and O–H groups in total. The Bertz CT molecular complexity index is 535. The Morgan fingerprint density at radius 2 is 1.34 bits per heavy atom. The fourth-order valence-electron chi connectivity index (χ4n) is 3.20. The van der Waals surface area contributed by atoms with Gasteiger partial charge in [-0.25, -0.2) is 4.57 Å². The van der Waals surface area contributed by atoms with Crippen LogP contribution in [-0.4, -0.2) is 12.7 Å². The lowest BCUT2D eigenvalue weighted by Crippen LogP contribution is -2.12. The molecule has 1 aromatic carbocycles. The number of phosphoric acid groups is 1. The minimum absolute atomic E-state index is 0.153. The van der Waals surface area contributed by atoms with Crippen LogP contribution in [0.3, 0.4) is 0 Å². The molecule has 0 saturated carbocycles. The average molecular weight is 427 g/mol. The van der Waals surface area contributed by atoms with Crippen LogP contribution in [0.15, 0.2) is 30.3 Å². The van der Waals surface area contributed by atoms with Gasteiger partial charge in [0.25, 0.3) is 0 Å². The van der Waals surface area contributed by atoms with Crippen molar-refractivity contribution in [2.75, 3.05) is 6.61 Å². The summed E-state index contributed by atoms with van der Waals surface area (Å²) in [5.74, 6) is 0.512. The van der Waals surface area contributed by atoms with Gasteiger partial charge in [-0.3, -0.25) is 9.05 Å². The van der Waals surface area contributed by atoms with Gasteiger partial charge in [-0.1, -0.05) is 103 Å². The summed E-state index contributed by atoms with van der Waals surface area (Å²) in [6, 6.07) is 9.13. The van der Waals surface area contributed by atoms with Crippen LogP contribution in [0.1, 0.15) is 104 Å². The standard InChI is InChI=1S/C24H43O4P/c1-4-6-8-9-10-11-12-13-14-16-19-23(3)27-29(25,26-22-7-5-2)28-24-20-17-15-18-21-24/h15,17-18,20-21,23H,4-14,16,19,22H2,1-3H3. The highest BCUT2D eigenvalue weighted by Gasteiger charge is 2.31. The van der Waals surface area contributed by atoms with Crippen LogP contribution in [0, 0.1) is 0 Å². The summed E-state index contributed by atoms with van der Waals surface area (Å²) in [7, 11) is -3.61. The molecule has 0 fully saturated rings. The van der Waals surface area contributed by atoms with Crippen molar-refractivity contribution in [1.82, 2.24) is 0 Å². The zero-order valence-electron chi connectivity index (χ0n) is 18.9. The first kappa shape index (κ1) is 26.2. The van der Waals surface area contributed by atoms with E-state index in [2.05, 4.69) is 13.8 Å². The van der Waals surface area contributed by atoms with Crippen LogP contribution < -0.4 is 4.52 Å². The summed E-state index contributed by atoms with van der Waals surface area (Å²) >= 11 is 0. The molecule has 2 unspecified atom stereocenters. The molecule has 2 atom stereocenters. The SMILES string of the molecule is CCCCCCCCCCCCC(C)OP(=O)(OCCCC)Oc1ccccc1. The summed E-state index contributed by atoms with van der Waals surface area (Å²) in [6.45, 7) is 6.67. The number of phosphoric ester groups is 1. The largest absolute Gasteiger partial charge is 0.530 e. The predicted octanol–water partition coefficient (Wildman–Crippen LogP) is 8.71. The molecule has 4 nitrogen and oxygen atoms in total. The molecule has 0 saturated heterocycles. The van der Waals surface area contributed by atoms with Crippen molar-refractivity contribution in [3.8, 4) is 5.75 Å². The minimum Gasteiger partial charge on any atom is -0.404 e. The van der Waals surface area contributed by atoms with Gasteiger partial charge in [-0.15, -0.1) is 0 Å². The molecule has 0 heterocycles. The van der Waals surface area contributed by atoms with Crippen LogP contribution >= 0.6 is 7.82 Å². The van der Waals surface area contributed by atoms with Crippen molar-refractivity contribution in [3.63, 3.8) is 0 Å². The Balaban J connectivity index is 2.27. The highest BCUT2D eigenvalue weighted by molar-refractivity contribution is 7.48. The van der Waals surface area contributed by atoms with Gasteiger partial charge in [0.2, 0.25) is 0 Å². The highest BCUT2D eigenvalue weighted by atomic mass is 31.2. The molecule has 5 heteroatoms. The lowest BCUT2D eigenvalue weighted by molar-refractivity contribution is 0.111. The molecular weight excluding hydrogens is 383 g/mol. The lowest BCUT2D eigenvalue weighted by Gasteiger charge is -2.22. The van der Waals surface area contributed by atoms with Gasteiger partial charge < -0.3 is 4.52 Å². The maximum Gasteiger partial charge on any atom is 0.530 e. The first-order valence-electron chi connectivity index (χ1n) is 11.8. The summed E-state index contributed by atoms with van der Waals surface area (Å²) in [6.07, 6.45) is 15.6. The smallest absolute Gasteiger partial charge is 0.404 e. The molecular formula is C24H43O4P. The maximum atomic E-state index is 13.1. The van der Waals surface area contributed by atoms with E-state index in [0.29, 0.717) is 12.4 Å². The first-order chi connectivity index (χ1) is 14.1. The zero-order valence-corrected chi connectivity index (χ0v) is 19.8. The van der Waals surface area contributed by atoms with Crippen LogP contribution in [-0.2, 0) is 13.6 Å². The maximum absolute atomic E-state index is 13.1. The van der Waals surface area contributed by atoms with Crippen LogP contribution in [0.2, 0.25) is 0 Å². The van der Waals surface area contributed by atoms with Crippen molar-refractivity contribution in [1.29, 1.82) is 0 Å². The number of benzene rings is 1. The van der Waals surface area contributed by atoms with Gasteiger partial charge in [-0.2, -0.15) is 0 Å². The third-order valence-electron chi connectivity index (χ3n) is 4.98. The Labute approximate surface area is 179 Å². The number of unbranched alkanes of at least 4 members (excludes halogenated alkanes) is 10. The molecule has 0 aliphatic heterocycles. The molecule has 0 radical (unpaired) electrons. The first-order valence-corrected chi connectivity index (χ1v) is 13.2. The van der Waals surface area contributed by atoms with Crippen molar-refractivity contribution < 1.29 is 18.1 Å². The van der Waals surface area contributed by atoms with Gasteiger partial charge in [-0.05, 0) is 31.9 Å². The molecule has 1 rings (SSSR count). The highest BCUT2D eigenvalue weighted by Crippen LogP contribution is 2.51. The monoisotopic (exact) mass is 426 g/mol. The van der Waals surface area contributed by atoms with Crippen molar-refractivity contribution in [3.05, 3.63) is 30.3 Å². The van der Waals surface area contributed by atoms with E-state index >= 15 is 0 Å². The Morgan fingerprint density at radius 3 is 1.93 bits per heavy atom. The van der Waals surface area contributed by atoms with Gasteiger partial charge >= 0.3 is 7.82 Å². The second-order valence-corrected chi connectivity index (χ2v) is 9.47. The fraction of sp³-hybridized carbons (Fsp3) is 0.750. The Kier molecular flexibility index (Phi) is 15.3. The summed E-state index contributed by atoms with van der Waals surface area (Å²) in [4.78, 5) is 0. The predicted molar refractivity (Wildman–Crippen MR) is 123 cm³/mol. The van der Waals surface area contributed by atoms with Crippen LogP contribution in [0.25, 0.3) is 0 Å². The number of rotatable bonds is 19. The number of hydrogen-bond acceptors (Lipinski definition) is 4. The second-order valence-electron chi connectivity index (χ2n) is 7.93. The third-order valence-corrected chi connectivity index (χ3v) is 6.53. The molecule has 0 aromatic heterocycles. The summed E-state index contributed by atoms with van der Waals surface area (Å²) < 4.78 is 30.1. The Morgan fingerprint density at radius 1 is 0.793 bits per heavy atom. The van der Waals surface area contributed by atoms with E-state index in [4.69, 9.17) is 13.6 Å². The van der Waals surface area contributed by atoms with E-state index in [1.165, 1.54) is 57.8 Å². The zero-order chi connectivity index (χ0) is 21.2. The molecule has 29 heavy (non-hydrogen) atoms. The van der Waals surface area contributed by atoms with E-state index in [1.54, 1.807) is 12.1 Å². The molecule has 0 aliphatic rings. The topological polar surface area (TPSA) is 44.8 Å². The number of para-hydroxylation sites is 1. The van der Waals surface area contributed by atoms with E-state index in [-0.39, 0.29) is 6.10 Å². The van der Waals surface area contributed by atoms with E-state index in [0.717, 1.165) is 25.7 Å². The molecule has 1 aromatic rings. The van der Waals surface area contributed by atoms with Gasteiger partial charge in [0.05, 0.1) is 12.7 Å². The van der Waals surface area contributed by atoms with Gasteiger partial charge in [0.15, 0.2) is 0 Å².